The van der Waals surface area contributed by atoms with Gasteiger partial charge in [0.1, 0.15) is 6.54 Å². The molecular weight excluding hydrogens is 434 g/mol. The molecule has 1 fully saturated rings. The van der Waals surface area contributed by atoms with Crippen molar-refractivity contribution in [3.8, 4) is 0 Å². The molecule has 0 unspecified atom stereocenters. The highest BCUT2D eigenvalue weighted by atomic mass is 32.2. The number of aromatic nitrogens is 1. The van der Waals surface area contributed by atoms with Gasteiger partial charge in [-0.3, -0.25) is 9.36 Å². The Balaban J connectivity index is 1.72. The van der Waals surface area contributed by atoms with Crippen LogP contribution in [0.15, 0.2) is 32.3 Å². The monoisotopic (exact) mass is 467 g/mol. The van der Waals surface area contributed by atoms with E-state index in [2.05, 4.69) is 5.32 Å². The van der Waals surface area contributed by atoms with Crippen molar-refractivity contribution in [2.75, 3.05) is 26.2 Å². The van der Waals surface area contributed by atoms with Crippen molar-refractivity contribution in [3.05, 3.63) is 28.7 Å². The van der Waals surface area contributed by atoms with E-state index in [1.54, 1.807) is 0 Å². The smallest absolute Gasteiger partial charge is 0.408 e. The Bertz CT molecular complexity index is 1090. The third kappa shape index (κ3) is 5.79. The maximum atomic E-state index is 13.1. The number of piperidine rings is 1. The van der Waals surface area contributed by atoms with Gasteiger partial charge in [0.25, 0.3) is 0 Å². The Labute approximate surface area is 188 Å². The van der Waals surface area contributed by atoms with Gasteiger partial charge in [-0.2, -0.15) is 4.31 Å². The quantitative estimate of drug-likeness (QED) is 0.566. The van der Waals surface area contributed by atoms with E-state index >= 15 is 0 Å². The predicted octanol–water partition coefficient (Wildman–Crippen LogP) is 2.19. The molecule has 1 aliphatic heterocycles. The van der Waals surface area contributed by atoms with Gasteiger partial charge in [0, 0.05) is 32.3 Å². The van der Waals surface area contributed by atoms with E-state index in [9.17, 15) is 18.0 Å². The number of hydrogen-bond acceptors (Lipinski definition) is 6. The van der Waals surface area contributed by atoms with Crippen LogP contribution in [0.5, 0.6) is 0 Å². The number of carbonyl (C=O) groups is 1. The number of hydrogen-bond donors (Lipinski definition) is 1. The molecule has 10 heteroatoms. The predicted molar refractivity (Wildman–Crippen MR) is 121 cm³/mol. The SMILES string of the molecule is CC(C)OCCCNC(=O)Cn1c(=O)oc2cc(S(=O)(=O)N3C[C@H](C)C[C@@H](C)C3)ccc21. The molecule has 0 radical (unpaired) electrons. The maximum Gasteiger partial charge on any atom is 0.420 e. The van der Waals surface area contributed by atoms with Gasteiger partial charge < -0.3 is 14.5 Å². The molecule has 1 amide bonds. The van der Waals surface area contributed by atoms with Gasteiger partial charge in [0.2, 0.25) is 15.9 Å². The fourth-order valence-electron chi connectivity index (χ4n) is 4.13. The Morgan fingerprint density at radius 3 is 2.59 bits per heavy atom. The minimum Gasteiger partial charge on any atom is -0.408 e. The molecule has 32 heavy (non-hydrogen) atoms. The molecule has 0 saturated carbocycles. The molecule has 9 nitrogen and oxygen atoms in total. The largest absolute Gasteiger partial charge is 0.420 e. The molecule has 1 aromatic heterocycles. The average molecular weight is 468 g/mol. The lowest BCUT2D eigenvalue weighted by Crippen LogP contribution is -2.42. The van der Waals surface area contributed by atoms with Crippen LogP contribution in [0.25, 0.3) is 11.1 Å². The van der Waals surface area contributed by atoms with Crippen LogP contribution in [0.3, 0.4) is 0 Å². The van der Waals surface area contributed by atoms with Gasteiger partial charge in [-0.05, 0) is 50.7 Å². The zero-order valence-electron chi connectivity index (χ0n) is 19.2. The van der Waals surface area contributed by atoms with E-state index in [4.69, 9.17) is 9.15 Å². The zero-order chi connectivity index (χ0) is 23.5. The van der Waals surface area contributed by atoms with Gasteiger partial charge in [-0.1, -0.05) is 13.8 Å². The molecular formula is C22H33N3O6S. The molecule has 3 rings (SSSR count). The molecule has 1 aromatic carbocycles. The molecule has 0 aliphatic carbocycles. The van der Waals surface area contributed by atoms with Gasteiger partial charge in [0.05, 0.1) is 16.5 Å². The van der Waals surface area contributed by atoms with Gasteiger partial charge >= 0.3 is 5.76 Å². The topological polar surface area (TPSA) is 111 Å². The van der Waals surface area contributed by atoms with E-state index in [1.807, 2.05) is 27.7 Å². The summed E-state index contributed by atoms with van der Waals surface area (Å²) in [5, 5.41) is 2.75. The Hall–Kier alpha value is -2.17. The lowest BCUT2D eigenvalue weighted by Gasteiger charge is -2.34. The van der Waals surface area contributed by atoms with E-state index in [-0.39, 0.29) is 40.9 Å². The van der Waals surface area contributed by atoms with Crippen molar-refractivity contribution in [3.63, 3.8) is 0 Å². The third-order valence-corrected chi connectivity index (χ3v) is 7.34. The molecule has 178 valence electrons. The van der Waals surface area contributed by atoms with Crippen LogP contribution in [0.4, 0.5) is 0 Å². The first-order chi connectivity index (χ1) is 15.1. The summed E-state index contributed by atoms with van der Waals surface area (Å²) in [5.74, 6) is -0.459. The fraction of sp³-hybridized carbons (Fsp3) is 0.636. The van der Waals surface area contributed by atoms with Crippen molar-refractivity contribution in [2.24, 2.45) is 11.8 Å². The highest BCUT2D eigenvalue weighted by Gasteiger charge is 2.32. The summed E-state index contributed by atoms with van der Waals surface area (Å²) < 4.78 is 39.6. The molecule has 1 saturated heterocycles. The van der Waals surface area contributed by atoms with E-state index in [0.717, 1.165) is 6.42 Å². The van der Waals surface area contributed by atoms with Gasteiger partial charge in [-0.15, -0.1) is 0 Å². The highest BCUT2D eigenvalue weighted by Crippen LogP contribution is 2.28. The number of rotatable bonds is 9. The normalized spacial score (nSPS) is 20.2. The molecule has 2 aromatic rings. The van der Waals surface area contributed by atoms with Crippen LogP contribution in [-0.2, 0) is 26.1 Å². The van der Waals surface area contributed by atoms with Crippen molar-refractivity contribution in [2.45, 2.75) is 58.1 Å². The summed E-state index contributed by atoms with van der Waals surface area (Å²) >= 11 is 0. The average Bonchev–Trinajstić information content (AvgIpc) is 3.01. The number of sulfonamides is 1. The molecule has 1 aliphatic rings. The Morgan fingerprint density at radius 2 is 1.94 bits per heavy atom. The van der Waals surface area contributed by atoms with E-state index < -0.39 is 15.8 Å². The summed E-state index contributed by atoms with van der Waals surface area (Å²) in [5.41, 5.74) is 0.528. The second kappa shape index (κ2) is 10.2. The van der Waals surface area contributed by atoms with Crippen molar-refractivity contribution < 1.29 is 22.4 Å². The molecule has 2 heterocycles. The molecule has 1 N–H and O–H groups in total. The first kappa shape index (κ1) is 24.5. The number of nitrogens with one attached hydrogen (secondary N) is 1. The second-order valence-corrected chi connectivity index (χ2v) is 10.9. The summed E-state index contributed by atoms with van der Waals surface area (Å²) in [4.78, 5) is 24.6. The Morgan fingerprint density at radius 1 is 1.25 bits per heavy atom. The fourth-order valence-corrected chi connectivity index (χ4v) is 5.82. The van der Waals surface area contributed by atoms with Crippen LogP contribution in [0.2, 0.25) is 0 Å². The standard InChI is InChI=1S/C22H33N3O6S/c1-15(2)30-9-5-8-23-21(26)14-25-19-7-6-18(11-20(19)31-22(25)27)32(28,29)24-12-16(3)10-17(4)13-24/h6-7,11,15-17H,5,8-10,12-14H2,1-4H3,(H,23,26)/t16-,17-/m1/s1. The van der Waals surface area contributed by atoms with E-state index in [0.29, 0.717) is 38.2 Å². The lowest BCUT2D eigenvalue weighted by molar-refractivity contribution is -0.121. The van der Waals surface area contributed by atoms with E-state index in [1.165, 1.54) is 27.1 Å². The summed E-state index contributed by atoms with van der Waals surface area (Å²) in [6.45, 7) is 9.69. The minimum absolute atomic E-state index is 0.0850. The van der Waals surface area contributed by atoms with Crippen molar-refractivity contribution in [1.29, 1.82) is 0 Å². The number of nitrogens with zero attached hydrogens (tertiary/aromatic N) is 2. The number of amides is 1. The van der Waals surface area contributed by atoms with Crippen molar-refractivity contribution in [1.82, 2.24) is 14.2 Å². The van der Waals surface area contributed by atoms with Gasteiger partial charge in [0.15, 0.2) is 5.58 Å². The Kier molecular flexibility index (Phi) is 7.79. The van der Waals surface area contributed by atoms with Crippen LogP contribution in [0, 0.1) is 11.8 Å². The summed E-state index contributed by atoms with van der Waals surface area (Å²) in [6, 6.07) is 4.36. The molecule has 0 spiro atoms. The van der Waals surface area contributed by atoms with Gasteiger partial charge in [-0.25, -0.2) is 13.2 Å². The first-order valence-electron chi connectivity index (χ1n) is 11.1. The summed E-state index contributed by atoms with van der Waals surface area (Å²) in [7, 11) is -3.70. The number of ether oxygens (including phenoxy) is 1. The van der Waals surface area contributed by atoms with Crippen LogP contribution >= 0.6 is 0 Å². The number of carbonyl (C=O) groups excluding carboxylic acids is 1. The third-order valence-electron chi connectivity index (χ3n) is 5.51. The number of benzene rings is 1. The summed E-state index contributed by atoms with van der Waals surface area (Å²) in [6.07, 6.45) is 1.80. The number of oxazole rings is 1. The van der Waals surface area contributed by atoms with Crippen LogP contribution in [-0.4, -0.2) is 55.5 Å². The van der Waals surface area contributed by atoms with Crippen LogP contribution < -0.4 is 11.1 Å². The first-order valence-corrected chi connectivity index (χ1v) is 12.5. The molecule has 0 bridgehead atoms. The number of fused-ring (bicyclic) bond motifs is 1. The minimum atomic E-state index is -3.70. The van der Waals surface area contributed by atoms with Crippen LogP contribution in [0.1, 0.15) is 40.5 Å². The zero-order valence-corrected chi connectivity index (χ0v) is 20.0. The lowest BCUT2D eigenvalue weighted by atomic mass is 9.94. The second-order valence-electron chi connectivity index (χ2n) is 8.97. The molecule has 2 atom stereocenters. The van der Waals surface area contributed by atoms with Crippen molar-refractivity contribution >= 4 is 27.0 Å². The highest BCUT2D eigenvalue weighted by molar-refractivity contribution is 7.89. The maximum absolute atomic E-state index is 13.1.